The van der Waals surface area contributed by atoms with Crippen LogP contribution in [0.15, 0.2) is 35.2 Å². The number of sulfonamides is 1. The fraction of sp³-hybridized carbons (Fsp3) is 0.294. The molecule has 0 aliphatic carbocycles. The molecule has 1 atom stereocenters. The monoisotopic (exact) mass is 371 g/mol. The van der Waals surface area contributed by atoms with Crippen LogP contribution in [0.2, 0.25) is 10.0 Å². The average molecular weight is 372 g/mol. The summed E-state index contributed by atoms with van der Waals surface area (Å²) in [6.07, 6.45) is 0. The molecule has 3 nitrogen and oxygen atoms in total. The van der Waals surface area contributed by atoms with Crippen molar-refractivity contribution in [1.29, 1.82) is 0 Å². The zero-order chi connectivity index (χ0) is 17.4. The van der Waals surface area contributed by atoms with Crippen molar-refractivity contribution in [2.24, 2.45) is 0 Å². The first kappa shape index (κ1) is 18.3. The van der Waals surface area contributed by atoms with Crippen molar-refractivity contribution in [3.8, 4) is 0 Å². The molecular formula is C17H19Cl2NO2S. The van der Waals surface area contributed by atoms with E-state index in [1.54, 1.807) is 6.07 Å². The Kier molecular flexibility index (Phi) is 5.41. The number of aryl methyl sites for hydroxylation is 3. The van der Waals surface area contributed by atoms with Crippen molar-refractivity contribution in [1.82, 2.24) is 4.72 Å². The van der Waals surface area contributed by atoms with Crippen molar-refractivity contribution in [3.05, 3.63) is 62.6 Å². The first-order valence-electron chi connectivity index (χ1n) is 7.17. The maximum atomic E-state index is 12.6. The predicted molar refractivity (Wildman–Crippen MR) is 95.9 cm³/mol. The number of rotatable bonds is 4. The Labute approximate surface area is 147 Å². The van der Waals surface area contributed by atoms with Crippen LogP contribution >= 0.6 is 23.2 Å². The molecule has 0 aliphatic heterocycles. The van der Waals surface area contributed by atoms with Gasteiger partial charge in [-0.1, -0.05) is 35.3 Å². The predicted octanol–water partition coefficient (Wildman–Crippen LogP) is 4.96. The van der Waals surface area contributed by atoms with Gasteiger partial charge in [0.05, 0.1) is 5.02 Å². The molecule has 2 aromatic rings. The number of nitrogens with one attached hydrogen (secondary N) is 1. The molecule has 0 saturated heterocycles. The van der Waals surface area contributed by atoms with Crippen LogP contribution in [-0.4, -0.2) is 8.42 Å². The normalized spacial score (nSPS) is 13.1. The highest BCUT2D eigenvalue weighted by molar-refractivity contribution is 7.89. The van der Waals surface area contributed by atoms with E-state index < -0.39 is 10.0 Å². The lowest BCUT2D eigenvalue weighted by Crippen LogP contribution is -2.27. The van der Waals surface area contributed by atoms with Gasteiger partial charge in [0.2, 0.25) is 10.0 Å². The van der Waals surface area contributed by atoms with E-state index in [9.17, 15) is 8.42 Å². The van der Waals surface area contributed by atoms with Crippen LogP contribution in [0.25, 0.3) is 0 Å². The van der Waals surface area contributed by atoms with E-state index in [1.165, 1.54) is 17.7 Å². The molecule has 0 spiro atoms. The molecule has 0 amide bonds. The van der Waals surface area contributed by atoms with Gasteiger partial charge in [-0.25, -0.2) is 13.1 Å². The van der Waals surface area contributed by atoms with Crippen LogP contribution in [0.1, 0.15) is 35.2 Å². The Morgan fingerprint density at radius 3 is 2.22 bits per heavy atom. The largest absolute Gasteiger partial charge is 0.242 e. The van der Waals surface area contributed by atoms with Crippen LogP contribution in [0, 0.1) is 20.8 Å². The average Bonchev–Trinajstić information content (AvgIpc) is 2.44. The number of halogens is 2. The summed E-state index contributed by atoms with van der Waals surface area (Å²) in [7, 11) is -3.77. The summed E-state index contributed by atoms with van der Waals surface area (Å²) < 4.78 is 27.9. The van der Waals surface area contributed by atoms with Gasteiger partial charge < -0.3 is 0 Å². The third kappa shape index (κ3) is 4.07. The van der Waals surface area contributed by atoms with Gasteiger partial charge in [-0.15, -0.1) is 0 Å². The summed E-state index contributed by atoms with van der Waals surface area (Å²) in [6, 6.07) is 8.07. The Morgan fingerprint density at radius 2 is 1.57 bits per heavy atom. The van der Waals surface area contributed by atoms with Crippen molar-refractivity contribution < 1.29 is 8.42 Å². The van der Waals surface area contributed by atoms with E-state index in [0.717, 1.165) is 16.7 Å². The van der Waals surface area contributed by atoms with Gasteiger partial charge >= 0.3 is 0 Å². The van der Waals surface area contributed by atoms with Crippen LogP contribution < -0.4 is 4.72 Å². The van der Waals surface area contributed by atoms with Gasteiger partial charge in [-0.05, 0) is 68.1 Å². The van der Waals surface area contributed by atoms with Crippen molar-refractivity contribution >= 4 is 33.2 Å². The molecule has 1 N–H and O–H groups in total. The highest BCUT2D eigenvalue weighted by Gasteiger charge is 2.22. The van der Waals surface area contributed by atoms with Gasteiger partial charge in [-0.2, -0.15) is 0 Å². The standard InChI is InChI=1S/C17H19Cl2NO2S/c1-10-7-12(3)15(8-11(10)2)13(4)20-23(21,22)17-9-14(18)5-6-16(17)19/h5-9,13,20H,1-4H3/t13-/m1/s1. The maximum Gasteiger partial charge on any atom is 0.242 e. The first-order valence-corrected chi connectivity index (χ1v) is 9.41. The molecular weight excluding hydrogens is 353 g/mol. The van der Waals surface area contributed by atoms with Gasteiger partial charge in [0.15, 0.2) is 0 Å². The smallest absolute Gasteiger partial charge is 0.207 e. The molecule has 124 valence electrons. The Hall–Kier alpha value is -1.07. The number of hydrogen-bond acceptors (Lipinski definition) is 2. The molecule has 6 heteroatoms. The molecule has 0 fully saturated rings. The van der Waals surface area contributed by atoms with E-state index in [4.69, 9.17) is 23.2 Å². The van der Waals surface area contributed by atoms with Gasteiger partial charge in [-0.3, -0.25) is 0 Å². The molecule has 2 rings (SSSR count). The minimum absolute atomic E-state index is 0.0139. The van der Waals surface area contributed by atoms with Crippen molar-refractivity contribution in [2.75, 3.05) is 0 Å². The summed E-state index contributed by atoms with van der Waals surface area (Å²) in [5.41, 5.74) is 4.28. The van der Waals surface area contributed by atoms with E-state index in [0.29, 0.717) is 5.02 Å². The van der Waals surface area contributed by atoms with Crippen LogP contribution in [0.5, 0.6) is 0 Å². The molecule has 0 heterocycles. The second kappa shape index (κ2) is 6.81. The van der Waals surface area contributed by atoms with E-state index in [-0.39, 0.29) is 16.0 Å². The second-order valence-corrected chi connectivity index (χ2v) is 8.24. The molecule has 23 heavy (non-hydrogen) atoms. The molecule has 2 aromatic carbocycles. The van der Waals surface area contributed by atoms with Gasteiger partial charge in [0.1, 0.15) is 4.90 Å². The topological polar surface area (TPSA) is 46.2 Å². The zero-order valence-corrected chi connectivity index (χ0v) is 15.8. The lowest BCUT2D eigenvalue weighted by atomic mass is 9.97. The summed E-state index contributed by atoms with van der Waals surface area (Å²) in [4.78, 5) is -0.0139. The van der Waals surface area contributed by atoms with E-state index >= 15 is 0 Å². The summed E-state index contributed by atoms with van der Waals surface area (Å²) >= 11 is 11.9. The molecule has 0 aromatic heterocycles. The second-order valence-electron chi connectivity index (χ2n) is 5.71. The Bertz CT molecular complexity index is 848. The van der Waals surface area contributed by atoms with Gasteiger partial charge in [0, 0.05) is 11.1 Å². The Balaban J connectivity index is 2.37. The third-order valence-electron chi connectivity index (χ3n) is 3.86. The van der Waals surface area contributed by atoms with Crippen molar-refractivity contribution in [3.63, 3.8) is 0 Å². The van der Waals surface area contributed by atoms with Gasteiger partial charge in [0.25, 0.3) is 0 Å². The van der Waals surface area contributed by atoms with Crippen LogP contribution in [0.4, 0.5) is 0 Å². The lowest BCUT2D eigenvalue weighted by Gasteiger charge is -2.19. The highest BCUT2D eigenvalue weighted by atomic mass is 35.5. The van der Waals surface area contributed by atoms with Crippen LogP contribution in [0.3, 0.4) is 0 Å². The number of benzene rings is 2. The summed E-state index contributed by atoms with van der Waals surface area (Å²) in [6.45, 7) is 7.83. The zero-order valence-electron chi connectivity index (χ0n) is 13.4. The quantitative estimate of drug-likeness (QED) is 0.825. The fourth-order valence-electron chi connectivity index (χ4n) is 2.49. The highest BCUT2D eigenvalue weighted by Crippen LogP contribution is 2.28. The minimum atomic E-state index is -3.77. The van der Waals surface area contributed by atoms with Crippen molar-refractivity contribution in [2.45, 2.75) is 38.6 Å². The molecule has 0 saturated carbocycles. The minimum Gasteiger partial charge on any atom is -0.207 e. The SMILES string of the molecule is Cc1cc(C)c([C@@H](C)NS(=O)(=O)c2cc(Cl)ccc2Cl)cc1C. The maximum absolute atomic E-state index is 12.6. The third-order valence-corrected chi connectivity index (χ3v) is 6.12. The first-order chi connectivity index (χ1) is 10.6. The molecule has 0 aliphatic rings. The Morgan fingerprint density at radius 1 is 0.957 bits per heavy atom. The lowest BCUT2D eigenvalue weighted by molar-refractivity contribution is 0.566. The molecule has 0 radical (unpaired) electrons. The summed E-state index contributed by atoms with van der Waals surface area (Å²) in [5.74, 6) is 0. The molecule has 0 unspecified atom stereocenters. The summed E-state index contributed by atoms with van der Waals surface area (Å²) in [5, 5.41) is 0.468. The number of hydrogen-bond donors (Lipinski definition) is 1. The fourth-order valence-corrected chi connectivity index (χ4v) is 4.48. The van der Waals surface area contributed by atoms with E-state index in [1.807, 2.05) is 33.8 Å². The van der Waals surface area contributed by atoms with Crippen LogP contribution in [-0.2, 0) is 10.0 Å². The van der Waals surface area contributed by atoms with E-state index in [2.05, 4.69) is 10.8 Å². The molecule has 0 bridgehead atoms.